The molecular formula is C19H23F3N2O5S. The lowest BCUT2D eigenvalue weighted by Crippen LogP contribution is -2.28. The van der Waals surface area contributed by atoms with Gasteiger partial charge in [-0.3, -0.25) is 0 Å². The smallest absolute Gasteiger partial charge is 0.417 e. The number of benzene rings is 2. The highest BCUT2D eigenvalue weighted by atomic mass is 32.2. The second kappa shape index (κ2) is 10.0. The molecule has 7 nitrogen and oxygen atoms in total. The molecule has 0 radical (unpaired) electrons. The molecule has 2 N–H and O–H groups in total. The topological polar surface area (TPSA) is 85.9 Å². The van der Waals surface area contributed by atoms with E-state index in [1.165, 1.54) is 27.4 Å². The van der Waals surface area contributed by atoms with E-state index < -0.39 is 26.7 Å². The first kappa shape index (κ1) is 23.8. The van der Waals surface area contributed by atoms with Crippen molar-refractivity contribution in [3.63, 3.8) is 0 Å². The van der Waals surface area contributed by atoms with E-state index in [2.05, 4.69) is 10.0 Å². The second-order valence-electron chi connectivity index (χ2n) is 6.18. The lowest BCUT2D eigenvalue weighted by atomic mass is 10.2. The van der Waals surface area contributed by atoms with E-state index in [0.717, 1.165) is 12.1 Å². The summed E-state index contributed by atoms with van der Waals surface area (Å²) in [6.07, 6.45) is -4.55. The molecule has 0 fully saturated rings. The molecule has 0 spiro atoms. The van der Waals surface area contributed by atoms with Gasteiger partial charge in [0, 0.05) is 49.8 Å². The van der Waals surface area contributed by atoms with Crippen LogP contribution < -0.4 is 19.5 Å². The highest BCUT2D eigenvalue weighted by molar-refractivity contribution is 7.89. The van der Waals surface area contributed by atoms with Crippen LogP contribution in [0.5, 0.6) is 11.5 Å². The van der Waals surface area contributed by atoms with Crippen molar-refractivity contribution in [1.29, 1.82) is 0 Å². The van der Waals surface area contributed by atoms with Crippen molar-refractivity contribution in [2.45, 2.75) is 17.5 Å². The van der Waals surface area contributed by atoms with Crippen LogP contribution in [0.3, 0.4) is 0 Å². The Kier molecular flexibility index (Phi) is 7.93. The summed E-state index contributed by atoms with van der Waals surface area (Å²) in [5.41, 5.74) is -0.815. The lowest BCUT2D eigenvalue weighted by molar-refractivity contribution is -0.139. The van der Waals surface area contributed by atoms with Gasteiger partial charge in [-0.1, -0.05) is 0 Å². The molecule has 0 heterocycles. The van der Waals surface area contributed by atoms with Crippen LogP contribution in [0.2, 0.25) is 0 Å². The van der Waals surface area contributed by atoms with Crippen LogP contribution in [0.1, 0.15) is 12.0 Å². The average molecular weight is 448 g/mol. The fourth-order valence-electron chi connectivity index (χ4n) is 2.61. The normalized spacial score (nSPS) is 11.9. The van der Waals surface area contributed by atoms with E-state index in [-0.39, 0.29) is 18.8 Å². The van der Waals surface area contributed by atoms with Gasteiger partial charge in [-0.25, -0.2) is 13.1 Å². The molecule has 0 bridgehead atoms. The molecule has 2 aromatic carbocycles. The molecule has 0 amide bonds. The fourth-order valence-corrected chi connectivity index (χ4v) is 3.89. The summed E-state index contributed by atoms with van der Waals surface area (Å²) in [5, 5.41) is 2.81. The molecule has 0 saturated carbocycles. The molecular weight excluding hydrogens is 425 g/mol. The van der Waals surface area contributed by atoms with Crippen LogP contribution in [-0.2, 0) is 20.9 Å². The van der Waals surface area contributed by atoms with E-state index in [4.69, 9.17) is 14.2 Å². The minimum absolute atomic E-state index is 0.0446. The van der Waals surface area contributed by atoms with Gasteiger partial charge in [-0.15, -0.1) is 0 Å². The van der Waals surface area contributed by atoms with Crippen molar-refractivity contribution >= 4 is 21.4 Å². The fraction of sp³-hybridized carbons (Fsp3) is 0.368. The Morgan fingerprint density at radius 2 is 1.57 bits per heavy atom. The summed E-state index contributed by atoms with van der Waals surface area (Å²) in [5.74, 6) is 0.875. The predicted octanol–water partition coefficient (Wildman–Crippen LogP) is 3.78. The standard InChI is InChI=1S/C19H23F3N2O5S/c1-27-8-4-7-23-30(25,26)18-6-5-13(11-17(18)19(20,21)22)24-14-9-15(28-2)12-16(10-14)29-3/h5-6,9-12,23-24H,4,7-8H2,1-3H3. The van der Waals surface area contributed by atoms with Crippen molar-refractivity contribution in [3.8, 4) is 11.5 Å². The maximum atomic E-state index is 13.6. The van der Waals surface area contributed by atoms with Gasteiger partial charge in [0.15, 0.2) is 0 Å². The number of halogens is 3. The van der Waals surface area contributed by atoms with Crippen LogP contribution in [0.15, 0.2) is 41.3 Å². The van der Waals surface area contributed by atoms with Gasteiger partial charge in [-0.05, 0) is 24.6 Å². The molecule has 166 valence electrons. The molecule has 0 aromatic heterocycles. The third-order valence-electron chi connectivity index (χ3n) is 4.03. The van der Waals surface area contributed by atoms with Crippen molar-refractivity contribution in [1.82, 2.24) is 4.72 Å². The number of methoxy groups -OCH3 is 3. The summed E-state index contributed by atoms with van der Waals surface area (Å²) in [6, 6.07) is 7.66. The summed E-state index contributed by atoms with van der Waals surface area (Å²) in [6.45, 7) is 0.235. The Labute approximate surface area is 173 Å². The highest BCUT2D eigenvalue weighted by Gasteiger charge is 2.37. The molecule has 0 aliphatic carbocycles. The molecule has 0 unspecified atom stereocenters. The lowest BCUT2D eigenvalue weighted by Gasteiger charge is -2.17. The average Bonchev–Trinajstić information content (AvgIpc) is 2.70. The second-order valence-corrected chi connectivity index (χ2v) is 7.91. The van der Waals surface area contributed by atoms with E-state index >= 15 is 0 Å². The summed E-state index contributed by atoms with van der Waals surface area (Å²) < 4.78 is 82.8. The predicted molar refractivity (Wildman–Crippen MR) is 106 cm³/mol. The van der Waals surface area contributed by atoms with Gasteiger partial charge >= 0.3 is 6.18 Å². The van der Waals surface area contributed by atoms with E-state index in [1.54, 1.807) is 18.2 Å². The highest BCUT2D eigenvalue weighted by Crippen LogP contribution is 2.37. The molecule has 0 saturated heterocycles. The molecule has 2 aromatic rings. The number of alkyl halides is 3. The minimum atomic E-state index is -4.87. The Morgan fingerprint density at radius 1 is 0.933 bits per heavy atom. The Bertz CT molecular complexity index is 943. The third kappa shape index (κ3) is 6.25. The first-order valence-electron chi connectivity index (χ1n) is 8.80. The summed E-state index contributed by atoms with van der Waals surface area (Å²) in [4.78, 5) is -0.846. The maximum Gasteiger partial charge on any atom is 0.417 e. The van der Waals surface area contributed by atoms with Gasteiger partial charge in [0.25, 0.3) is 0 Å². The molecule has 0 atom stereocenters. The van der Waals surface area contributed by atoms with Gasteiger partial charge in [0.05, 0.1) is 24.7 Å². The largest absolute Gasteiger partial charge is 0.497 e. The van der Waals surface area contributed by atoms with Crippen molar-refractivity contribution in [2.24, 2.45) is 0 Å². The van der Waals surface area contributed by atoms with Crippen LogP contribution in [-0.4, -0.2) is 42.9 Å². The molecule has 0 aliphatic heterocycles. The number of anilines is 2. The third-order valence-corrected chi connectivity index (χ3v) is 5.55. The zero-order valence-corrected chi connectivity index (χ0v) is 17.5. The molecule has 2 rings (SSSR count). The van der Waals surface area contributed by atoms with Crippen molar-refractivity contribution < 1.29 is 35.8 Å². The van der Waals surface area contributed by atoms with Crippen LogP contribution >= 0.6 is 0 Å². The Hall–Kier alpha value is -2.50. The zero-order chi connectivity index (χ0) is 22.4. The summed E-state index contributed by atoms with van der Waals surface area (Å²) in [7, 11) is -0.0264. The van der Waals surface area contributed by atoms with Crippen LogP contribution in [0, 0.1) is 0 Å². The number of rotatable bonds is 10. The quantitative estimate of drug-likeness (QED) is 0.538. The van der Waals surface area contributed by atoms with E-state index in [9.17, 15) is 21.6 Å². The maximum absolute atomic E-state index is 13.6. The van der Waals surface area contributed by atoms with Crippen molar-refractivity contribution in [2.75, 3.05) is 39.8 Å². The first-order valence-corrected chi connectivity index (χ1v) is 10.3. The van der Waals surface area contributed by atoms with Crippen LogP contribution in [0.4, 0.5) is 24.5 Å². The zero-order valence-electron chi connectivity index (χ0n) is 16.7. The number of hydrogen-bond acceptors (Lipinski definition) is 6. The van der Waals surface area contributed by atoms with Crippen molar-refractivity contribution in [3.05, 3.63) is 42.0 Å². The van der Waals surface area contributed by atoms with E-state index in [0.29, 0.717) is 23.6 Å². The summed E-state index contributed by atoms with van der Waals surface area (Å²) >= 11 is 0. The molecule has 30 heavy (non-hydrogen) atoms. The number of ether oxygens (including phenoxy) is 3. The Morgan fingerprint density at radius 3 is 2.10 bits per heavy atom. The van der Waals surface area contributed by atoms with Gasteiger partial charge in [0.1, 0.15) is 11.5 Å². The van der Waals surface area contributed by atoms with E-state index in [1.807, 2.05) is 0 Å². The minimum Gasteiger partial charge on any atom is -0.497 e. The number of sulfonamides is 1. The number of hydrogen-bond donors (Lipinski definition) is 2. The SMILES string of the molecule is COCCCNS(=O)(=O)c1ccc(Nc2cc(OC)cc(OC)c2)cc1C(F)(F)F. The Balaban J connectivity index is 2.37. The monoisotopic (exact) mass is 448 g/mol. The molecule has 11 heteroatoms. The van der Waals surface area contributed by atoms with Gasteiger partial charge in [0.2, 0.25) is 10.0 Å². The molecule has 0 aliphatic rings. The van der Waals surface area contributed by atoms with Crippen LogP contribution in [0.25, 0.3) is 0 Å². The first-order chi connectivity index (χ1) is 14.1. The van der Waals surface area contributed by atoms with Gasteiger partial charge < -0.3 is 19.5 Å². The van der Waals surface area contributed by atoms with Gasteiger partial charge in [-0.2, -0.15) is 13.2 Å². The number of nitrogens with one attached hydrogen (secondary N) is 2.